The number of thioether (sulfide) groups is 1. The molecule has 3 rings (SSSR count). The van der Waals surface area contributed by atoms with E-state index in [1.807, 2.05) is 72.1 Å². The summed E-state index contributed by atoms with van der Waals surface area (Å²) < 4.78 is 6.00. The number of hydrogen-bond donors (Lipinski definition) is 0. The van der Waals surface area contributed by atoms with Crippen LogP contribution in [0.2, 0.25) is 0 Å². The van der Waals surface area contributed by atoms with Crippen LogP contribution in [0.15, 0.2) is 106 Å². The molecule has 0 spiro atoms. The third-order valence-electron chi connectivity index (χ3n) is 4.10. The summed E-state index contributed by atoms with van der Waals surface area (Å²) in [6.07, 6.45) is 1.91. The van der Waals surface area contributed by atoms with E-state index in [1.165, 1.54) is 10.5 Å². The predicted octanol–water partition coefficient (Wildman–Crippen LogP) is 7.40. The number of para-hydroxylation sites is 1. The number of ether oxygens (including phenoxy) is 1. The molecule has 0 saturated heterocycles. The van der Waals surface area contributed by atoms with Gasteiger partial charge in [-0.2, -0.15) is 0 Å². The van der Waals surface area contributed by atoms with Crippen molar-refractivity contribution in [2.24, 2.45) is 4.99 Å². The maximum atomic E-state index is 6.00. The first-order chi connectivity index (χ1) is 13.5. The summed E-state index contributed by atoms with van der Waals surface area (Å²) in [5.41, 5.74) is 2.28. The van der Waals surface area contributed by atoms with E-state index in [-0.39, 0.29) is 5.41 Å². The zero-order chi connectivity index (χ0) is 19.8. The van der Waals surface area contributed by atoms with Gasteiger partial charge in [-0.15, -0.1) is 0 Å². The first kappa shape index (κ1) is 20.0. The van der Waals surface area contributed by atoms with Gasteiger partial charge in [0.2, 0.25) is 5.90 Å². The minimum atomic E-state index is 0.123. The van der Waals surface area contributed by atoms with Crippen LogP contribution in [0.4, 0.5) is 5.69 Å². The van der Waals surface area contributed by atoms with Crippen LogP contribution < -0.4 is 4.74 Å². The normalized spacial score (nSPS) is 12.3. The Morgan fingerprint density at radius 2 is 1.43 bits per heavy atom. The van der Waals surface area contributed by atoms with Crippen molar-refractivity contribution in [3.8, 4) is 5.75 Å². The number of benzene rings is 3. The van der Waals surface area contributed by atoms with E-state index in [1.54, 1.807) is 11.8 Å². The van der Waals surface area contributed by atoms with Crippen LogP contribution in [-0.2, 0) is 5.41 Å². The van der Waals surface area contributed by atoms with Gasteiger partial charge >= 0.3 is 0 Å². The molecular weight excluding hydrogens is 362 g/mol. The van der Waals surface area contributed by atoms with Crippen LogP contribution in [-0.4, -0.2) is 5.90 Å². The second-order valence-corrected chi connectivity index (χ2v) is 8.37. The van der Waals surface area contributed by atoms with E-state index >= 15 is 0 Å². The number of hydrogen-bond acceptors (Lipinski definition) is 3. The fourth-order valence-electron chi connectivity index (χ4n) is 2.54. The maximum absolute atomic E-state index is 6.00. The largest absolute Gasteiger partial charge is 0.439 e. The van der Waals surface area contributed by atoms with Crippen LogP contribution in [0.1, 0.15) is 26.3 Å². The first-order valence-electron chi connectivity index (χ1n) is 9.31. The van der Waals surface area contributed by atoms with Crippen molar-refractivity contribution in [2.45, 2.75) is 31.1 Å². The van der Waals surface area contributed by atoms with Gasteiger partial charge in [0, 0.05) is 11.0 Å². The Kier molecular flexibility index (Phi) is 6.72. The third kappa shape index (κ3) is 6.14. The quantitative estimate of drug-likeness (QED) is 0.258. The van der Waals surface area contributed by atoms with Crippen LogP contribution in [0, 0.1) is 0 Å². The molecule has 0 fully saturated rings. The molecule has 0 radical (unpaired) electrons. The Hall–Kier alpha value is -2.78. The van der Waals surface area contributed by atoms with Crippen molar-refractivity contribution >= 4 is 23.3 Å². The van der Waals surface area contributed by atoms with Gasteiger partial charge in [0.1, 0.15) is 5.75 Å². The average molecular weight is 388 g/mol. The molecule has 0 heterocycles. The summed E-state index contributed by atoms with van der Waals surface area (Å²) in [7, 11) is 0. The van der Waals surface area contributed by atoms with Crippen LogP contribution in [0.5, 0.6) is 5.75 Å². The molecule has 0 atom stereocenters. The molecule has 0 aromatic heterocycles. The van der Waals surface area contributed by atoms with Crippen molar-refractivity contribution in [1.29, 1.82) is 0 Å². The molecule has 0 N–H and O–H groups in total. The Labute approximate surface area is 172 Å². The molecule has 0 aliphatic rings. The fourth-order valence-corrected chi connectivity index (χ4v) is 3.19. The molecule has 3 aromatic rings. The molecule has 0 bridgehead atoms. The van der Waals surface area contributed by atoms with Crippen LogP contribution >= 0.6 is 11.8 Å². The van der Waals surface area contributed by atoms with Crippen molar-refractivity contribution in [3.05, 3.63) is 102 Å². The monoisotopic (exact) mass is 387 g/mol. The Morgan fingerprint density at radius 1 is 0.821 bits per heavy atom. The molecular formula is C25H25NOS. The topological polar surface area (TPSA) is 21.6 Å². The Balaban J connectivity index is 1.81. The molecule has 0 aliphatic carbocycles. The highest BCUT2D eigenvalue weighted by Crippen LogP contribution is 2.25. The van der Waals surface area contributed by atoms with Crippen molar-refractivity contribution in [2.75, 3.05) is 0 Å². The zero-order valence-electron chi connectivity index (χ0n) is 16.5. The lowest BCUT2D eigenvalue weighted by atomic mass is 9.87. The van der Waals surface area contributed by atoms with Crippen molar-refractivity contribution in [3.63, 3.8) is 0 Å². The SMILES string of the molecule is CC(C)(C)c1ccc(N=C(C=CSc2ccccc2)Oc2ccccc2)cc1. The van der Waals surface area contributed by atoms with E-state index in [4.69, 9.17) is 9.73 Å². The zero-order valence-corrected chi connectivity index (χ0v) is 17.3. The van der Waals surface area contributed by atoms with Gasteiger partial charge in [0.25, 0.3) is 0 Å². The van der Waals surface area contributed by atoms with Crippen molar-refractivity contribution < 1.29 is 4.74 Å². The van der Waals surface area contributed by atoms with Crippen LogP contribution in [0.25, 0.3) is 0 Å². The molecule has 0 amide bonds. The highest BCUT2D eigenvalue weighted by Gasteiger charge is 2.12. The van der Waals surface area contributed by atoms with Gasteiger partial charge in [-0.1, -0.05) is 81.1 Å². The molecule has 0 saturated carbocycles. The van der Waals surface area contributed by atoms with E-state index in [0.29, 0.717) is 5.90 Å². The highest BCUT2D eigenvalue weighted by atomic mass is 32.2. The maximum Gasteiger partial charge on any atom is 0.220 e. The predicted molar refractivity (Wildman–Crippen MR) is 121 cm³/mol. The second-order valence-electron chi connectivity index (χ2n) is 7.40. The average Bonchev–Trinajstić information content (AvgIpc) is 2.69. The molecule has 3 heteroatoms. The lowest BCUT2D eigenvalue weighted by Gasteiger charge is -2.18. The molecule has 142 valence electrons. The highest BCUT2D eigenvalue weighted by molar-refractivity contribution is 8.02. The van der Waals surface area contributed by atoms with Crippen molar-refractivity contribution in [1.82, 2.24) is 0 Å². The lowest BCUT2D eigenvalue weighted by molar-refractivity contribution is 0.556. The smallest absolute Gasteiger partial charge is 0.220 e. The van der Waals surface area contributed by atoms with E-state index in [0.717, 1.165) is 11.4 Å². The molecule has 0 aliphatic heterocycles. The summed E-state index contributed by atoms with van der Waals surface area (Å²) in [5.74, 6) is 1.32. The Morgan fingerprint density at radius 3 is 2.04 bits per heavy atom. The van der Waals surface area contributed by atoms with Gasteiger partial charge in [0.05, 0.1) is 5.69 Å². The minimum absolute atomic E-state index is 0.123. The summed E-state index contributed by atoms with van der Waals surface area (Å²) >= 11 is 1.63. The summed E-state index contributed by atoms with van der Waals surface area (Å²) in [5, 5.41) is 2.00. The fraction of sp³-hybridized carbons (Fsp3) is 0.160. The second kappa shape index (κ2) is 9.43. The standard InChI is InChI=1S/C25H25NOS/c1-25(2,3)20-14-16-21(17-15-20)26-24(27-22-10-6-4-7-11-22)18-19-28-23-12-8-5-9-13-23/h4-19H,1-3H3. The van der Waals surface area contributed by atoms with E-state index in [2.05, 4.69) is 45.0 Å². The summed E-state index contributed by atoms with van der Waals surface area (Å²) in [6.45, 7) is 6.62. The minimum Gasteiger partial charge on any atom is -0.439 e. The third-order valence-corrected chi connectivity index (χ3v) is 4.91. The van der Waals surface area contributed by atoms with Gasteiger partial charge < -0.3 is 4.74 Å². The molecule has 2 nitrogen and oxygen atoms in total. The van der Waals surface area contributed by atoms with Gasteiger partial charge in [-0.05, 0) is 52.8 Å². The summed E-state index contributed by atoms with van der Waals surface area (Å²) in [4.78, 5) is 5.88. The Bertz CT molecular complexity index is 924. The number of nitrogens with zero attached hydrogens (tertiary/aromatic N) is 1. The molecule has 0 unspecified atom stereocenters. The lowest BCUT2D eigenvalue weighted by Crippen LogP contribution is -2.10. The van der Waals surface area contributed by atoms with Crippen LogP contribution in [0.3, 0.4) is 0 Å². The van der Waals surface area contributed by atoms with E-state index < -0.39 is 0 Å². The van der Waals surface area contributed by atoms with Gasteiger partial charge in [-0.25, -0.2) is 4.99 Å². The van der Waals surface area contributed by atoms with Gasteiger partial charge in [-0.3, -0.25) is 0 Å². The van der Waals surface area contributed by atoms with Gasteiger partial charge in [0.15, 0.2) is 0 Å². The summed E-state index contributed by atoms with van der Waals surface area (Å²) in [6, 6.07) is 28.3. The molecule has 3 aromatic carbocycles. The molecule has 28 heavy (non-hydrogen) atoms. The van der Waals surface area contributed by atoms with E-state index in [9.17, 15) is 0 Å². The first-order valence-corrected chi connectivity index (χ1v) is 10.2. The number of rotatable bonds is 5. The number of aliphatic imine (C=N–C) groups is 1.